The number of hydrogen-bond donors (Lipinski definition) is 1. The van der Waals surface area contributed by atoms with Gasteiger partial charge in [-0.15, -0.1) is 0 Å². The first-order valence-corrected chi connectivity index (χ1v) is 6.77. The normalized spacial score (nSPS) is 23.0. The Balaban J connectivity index is 2.00. The fourth-order valence-electron chi connectivity index (χ4n) is 3.33. The first kappa shape index (κ1) is 11.5. The summed E-state index contributed by atoms with van der Waals surface area (Å²) in [6.45, 7) is 0. The Bertz CT molecular complexity index is 514. The van der Waals surface area contributed by atoms with Gasteiger partial charge in [0.1, 0.15) is 0 Å². The molecular formula is C16H18O2. The summed E-state index contributed by atoms with van der Waals surface area (Å²) < 4.78 is 0. The van der Waals surface area contributed by atoms with Crippen molar-refractivity contribution in [3.63, 3.8) is 0 Å². The average molecular weight is 242 g/mol. The lowest BCUT2D eigenvalue weighted by Crippen LogP contribution is -2.18. The predicted octanol–water partition coefficient (Wildman–Crippen LogP) is 3.66. The topological polar surface area (TPSA) is 37.3 Å². The second kappa shape index (κ2) is 4.60. The Morgan fingerprint density at radius 3 is 2.83 bits per heavy atom. The van der Waals surface area contributed by atoms with E-state index in [4.69, 9.17) is 0 Å². The molecule has 1 aromatic carbocycles. The highest BCUT2D eigenvalue weighted by Crippen LogP contribution is 2.41. The summed E-state index contributed by atoms with van der Waals surface area (Å²) in [7, 11) is 0. The smallest absolute Gasteiger partial charge is 0.306 e. The van der Waals surface area contributed by atoms with Gasteiger partial charge in [0.2, 0.25) is 0 Å². The summed E-state index contributed by atoms with van der Waals surface area (Å²) >= 11 is 0. The SMILES string of the molecule is O=C(O)C1CCC2=C(CCCc3ccccc32)C1. The van der Waals surface area contributed by atoms with E-state index in [0.29, 0.717) is 0 Å². The number of allylic oxidation sites excluding steroid dienone is 2. The number of rotatable bonds is 1. The lowest BCUT2D eigenvalue weighted by atomic mass is 9.80. The Labute approximate surface area is 107 Å². The number of carboxylic acids is 1. The quantitative estimate of drug-likeness (QED) is 0.816. The minimum absolute atomic E-state index is 0.158. The van der Waals surface area contributed by atoms with E-state index in [1.54, 1.807) is 0 Å². The monoisotopic (exact) mass is 242 g/mol. The highest BCUT2D eigenvalue weighted by atomic mass is 16.4. The van der Waals surface area contributed by atoms with Crippen molar-refractivity contribution >= 4 is 11.5 Å². The number of carboxylic acid groups (broad SMARTS) is 1. The molecule has 0 heterocycles. The van der Waals surface area contributed by atoms with Crippen molar-refractivity contribution in [1.82, 2.24) is 0 Å². The van der Waals surface area contributed by atoms with E-state index in [2.05, 4.69) is 24.3 Å². The molecule has 0 spiro atoms. The lowest BCUT2D eigenvalue weighted by molar-refractivity contribution is -0.142. The first-order chi connectivity index (χ1) is 8.75. The minimum atomic E-state index is -0.626. The molecule has 2 aliphatic carbocycles. The number of fused-ring (bicyclic) bond motifs is 2. The third-order valence-corrected chi connectivity index (χ3v) is 4.28. The maximum absolute atomic E-state index is 11.1. The molecule has 0 aromatic heterocycles. The van der Waals surface area contributed by atoms with Gasteiger partial charge in [-0.3, -0.25) is 4.79 Å². The molecule has 2 aliphatic rings. The van der Waals surface area contributed by atoms with Gasteiger partial charge in [-0.25, -0.2) is 0 Å². The maximum Gasteiger partial charge on any atom is 0.306 e. The van der Waals surface area contributed by atoms with E-state index in [9.17, 15) is 9.90 Å². The van der Waals surface area contributed by atoms with Gasteiger partial charge in [0.25, 0.3) is 0 Å². The van der Waals surface area contributed by atoms with Crippen molar-refractivity contribution in [3.8, 4) is 0 Å². The molecule has 94 valence electrons. The lowest BCUT2D eigenvalue weighted by Gasteiger charge is -2.24. The highest BCUT2D eigenvalue weighted by molar-refractivity contribution is 5.77. The van der Waals surface area contributed by atoms with Gasteiger partial charge < -0.3 is 5.11 Å². The minimum Gasteiger partial charge on any atom is -0.481 e. The van der Waals surface area contributed by atoms with Crippen LogP contribution in [0.3, 0.4) is 0 Å². The van der Waals surface area contributed by atoms with Crippen LogP contribution in [0.5, 0.6) is 0 Å². The first-order valence-electron chi connectivity index (χ1n) is 6.77. The fourth-order valence-corrected chi connectivity index (χ4v) is 3.33. The number of carbonyl (C=O) groups is 1. The van der Waals surface area contributed by atoms with Gasteiger partial charge in [-0.05, 0) is 55.2 Å². The third-order valence-electron chi connectivity index (χ3n) is 4.28. The zero-order valence-electron chi connectivity index (χ0n) is 10.5. The molecule has 1 aromatic rings. The number of aryl methyl sites for hydroxylation is 1. The van der Waals surface area contributed by atoms with Crippen LogP contribution < -0.4 is 0 Å². The zero-order valence-corrected chi connectivity index (χ0v) is 10.5. The van der Waals surface area contributed by atoms with E-state index < -0.39 is 5.97 Å². The van der Waals surface area contributed by atoms with Crippen LogP contribution in [0, 0.1) is 5.92 Å². The molecule has 1 atom stereocenters. The van der Waals surface area contributed by atoms with Crippen molar-refractivity contribution < 1.29 is 9.90 Å². The standard InChI is InChI=1S/C16H18O2/c17-16(18)13-8-9-15-12(10-13)6-3-5-11-4-1-2-7-14(11)15/h1-2,4,7,13H,3,5-6,8-10H2,(H,17,18). The van der Waals surface area contributed by atoms with Crippen LogP contribution in [0.4, 0.5) is 0 Å². The molecule has 2 heteroatoms. The molecule has 0 saturated carbocycles. The van der Waals surface area contributed by atoms with Crippen molar-refractivity contribution in [2.75, 3.05) is 0 Å². The van der Waals surface area contributed by atoms with Crippen LogP contribution in [0.1, 0.15) is 43.2 Å². The molecule has 1 unspecified atom stereocenters. The van der Waals surface area contributed by atoms with Crippen LogP contribution in [0.2, 0.25) is 0 Å². The zero-order chi connectivity index (χ0) is 12.5. The molecule has 0 amide bonds. The molecular weight excluding hydrogens is 224 g/mol. The highest BCUT2D eigenvalue weighted by Gasteiger charge is 2.28. The molecule has 18 heavy (non-hydrogen) atoms. The van der Waals surface area contributed by atoms with Crippen molar-refractivity contribution in [1.29, 1.82) is 0 Å². The summed E-state index contributed by atoms with van der Waals surface area (Å²) in [5.41, 5.74) is 5.67. The van der Waals surface area contributed by atoms with E-state index in [0.717, 1.165) is 38.5 Å². The second-order valence-electron chi connectivity index (χ2n) is 5.37. The van der Waals surface area contributed by atoms with Crippen LogP contribution in [-0.2, 0) is 11.2 Å². The fraction of sp³-hybridized carbons (Fsp3) is 0.438. The van der Waals surface area contributed by atoms with E-state index in [1.165, 1.54) is 22.3 Å². The Morgan fingerprint density at radius 2 is 2.00 bits per heavy atom. The average Bonchev–Trinajstić information content (AvgIpc) is 2.57. The van der Waals surface area contributed by atoms with E-state index in [1.807, 2.05) is 0 Å². The molecule has 0 bridgehead atoms. The number of benzene rings is 1. The molecule has 0 saturated heterocycles. The third kappa shape index (κ3) is 1.96. The molecule has 0 aliphatic heterocycles. The largest absolute Gasteiger partial charge is 0.481 e. The van der Waals surface area contributed by atoms with Gasteiger partial charge in [0.15, 0.2) is 0 Å². The Hall–Kier alpha value is -1.57. The summed E-state index contributed by atoms with van der Waals surface area (Å²) in [6.07, 6.45) is 5.85. The molecule has 0 radical (unpaired) electrons. The second-order valence-corrected chi connectivity index (χ2v) is 5.37. The predicted molar refractivity (Wildman–Crippen MR) is 71.3 cm³/mol. The van der Waals surface area contributed by atoms with Crippen LogP contribution in [0.15, 0.2) is 29.8 Å². The van der Waals surface area contributed by atoms with Crippen LogP contribution >= 0.6 is 0 Å². The molecule has 3 rings (SSSR count). The van der Waals surface area contributed by atoms with Gasteiger partial charge in [-0.1, -0.05) is 29.8 Å². The summed E-state index contributed by atoms with van der Waals surface area (Å²) in [5.74, 6) is -0.784. The molecule has 2 nitrogen and oxygen atoms in total. The molecule has 0 fully saturated rings. The Kier molecular flexibility index (Phi) is 2.94. The summed E-state index contributed by atoms with van der Waals surface area (Å²) in [5, 5.41) is 9.17. The van der Waals surface area contributed by atoms with Gasteiger partial charge in [0.05, 0.1) is 5.92 Å². The number of aliphatic carboxylic acids is 1. The van der Waals surface area contributed by atoms with Crippen molar-refractivity contribution in [3.05, 3.63) is 41.0 Å². The van der Waals surface area contributed by atoms with E-state index >= 15 is 0 Å². The van der Waals surface area contributed by atoms with Crippen molar-refractivity contribution in [2.24, 2.45) is 5.92 Å². The van der Waals surface area contributed by atoms with Crippen LogP contribution in [0.25, 0.3) is 5.57 Å². The number of hydrogen-bond acceptors (Lipinski definition) is 1. The summed E-state index contributed by atoms with van der Waals surface area (Å²) in [4.78, 5) is 11.1. The van der Waals surface area contributed by atoms with Gasteiger partial charge in [0, 0.05) is 0 Å². The van der Waals surface area contributed by atoms with E-state index in [-0.39, 0.29) is 5.92 Å². The Morgan fingerprint density at radius 1 is 1.17 bits per heavy atom. The van der Waals surface area contributed by atoms with Crippen LogP contribution in [-0.4, -0.2) is 11.1 Å². The molecule has 1 N–H and O–H groups in total. The maximum atomic E-state index is 11.1. The van der Waals surface area contributed by atoms with Gasteiger partial charge in [-0.2, -0.15) is 0 Å². The van der Waals surface area contributed by atoms with Crippen molar-refractivity contribution in [2.45, 2.75) is 38.5 Å². The van der Waals surface area contributed by atoms with Gasteiger partial charge >= 0.3 is 5.97 Å². The summed E-state index contributed by atoms with van der Waals surface area (Å²) in [6, 6.07) is 8.62.